The summed E-state index contributed by atoms with van der Waals surface area (Å²) in [7, 11) is 1.52. The van der Waals surface area contributed by atoms with E-state index in [0.717, 1.165) is 0 Å². The number of aldehydes is 1. The number of rotatable bonds is 2. The van der Waals surface area contributed by atoms with Crippen LogP contribution in [-0.2, 0) is 0 Å². The van der Waals surface area contributed by atoms with E-state index in [-0.39, 0.29) is 5.82 Å². The summed E-state index contributed by atoms with van der Waals surface area (Å²) in [5.74, 6) is 0.212. The number of benzene rings is 1. The van der Waals surface area contributed by atoms with Gasteiger partial charge in [-0.15, -0.1) is 11.3 Å². The Bertz CT molecular complexity index is 490. The van der Waals surface area contributed by atoms with Crippen molar-refractivity contribution in [2.75, 3.05) is 7.11 Å². The molecule has 2 aromatic rings. The van der Waals surface area contributed by atoms with Crippen LogP contribution in [0.5, 0.6) is 5.75 Å². The molecule has 2 nitrogen and oxygen atoms in total. The van der Waals surface area contributed by atoms with E-state index >= 15 is 0 Å². The second-order valence-corrected chi connectivity index (χ2v) is 3.64. The number of methoxy groups -OCH3 is 1. The van der Waals surface area contributed by atoms with E-state index in [1.807, 2.05) is 0 Å². The van der Waals surface area contributed by atoms with E-state index in [0.29, 0.717) is 27.7 Å². The first-order valence-electron chi connectivity index (χ1n) is 3.96. The molecule has 0 aliphatic rings. The molecule has 1 heterocycles. The first-order valence-corrected chi connectivity index (χ1v) is 4.84. The average Bonchev–Trinajstić information content (AvgIpc) is 2.63. The largest absolute Gasteiger partial charge is 0.495 e. The van der Waals surface area contributed by atoms with Crippen LogP contribution in [0.4, 0.5) is 4.39 Å². The molecule has 0 fully saturated rings. The van der Waals surface area contributed by atoms with Gasteiger partial charge in [0.25, 0.3) is 0 Å². The second kappa shape index (κ2) is 3.38. The van der Waals surface area contributed by atoms with E-state index in [1.54, 1.807) is 11.4 Å². The lowest BCUT2D eigenvalue weighted by molar-refractivity contribution is 0.112. The molecule has 0 aliphatic heterocycles. The lowest BCUT2D eigenvalue weighted by Crippen LogP contribution is -1.86. The molecule has 0 bridgehead atoms. The molecular formula is C10H7FO2S. The van der Waals surface area contributed by atoms with Gasteiger partial charge in [0.1, 0.15) is 11.6 Å². The van der Waals surface area contributed by atoms with Crippen molar-refractivity contribution in [3.05, 3.63) is 28.9 Å². The Balaban J connectivity index is 2.86. The van der Waals surface area contributed by atoms with Crippen LogP contribution in [-0.4, -0.2) is 13.4 Å². The molecule has 72 valence electrons. The van der Waals surface area contributed by atoms with Gasteiger partial charge in [-0.25, -0.2) is 4.39 Å². The van der Waals surface area contributed by atoms with Crippen LogP contribution in [0.2, 0.25) is 0 Å². The molecule has 0 amide bonds. The molecular weight excluding hydrogens is 203 g/mol. The third-order valence-corrected chi connectivity index (χ3v) is 3.02. The lowest BCUT2D eigenvalue weighted by atomic mass is 10.2. The molecule has 2 rings (SSSR count). The smallest absolute Gasteiger partial charge is 0.151 e. The highest BCUT2D eigenvalue weighted by Crippen LogP contribution is 2.34. The third-order valence-electron chi connectivity index (χ3n) is 2.01. The summed E-state index contributed by atoms with van der Waals surface area (Å²) in [4.78, 5) is 10.6. The normalized spacial score (nSPS) is 10.4. The van der Waals surface area contributed by atoms with Gasteiger partial charge < -0.3 is 4.74 Å². The molecule has 0 atom stereocenters. The van der Waals surface area contributed by atoms with Crippen molar-refractivity contribution in [1.82, 2.24) is 0 Å². The maximum absolute atomic E-state index is 13.4. The van der Waals surface area contributed by atoms with Crippen LogP contribution in [0, 0.1) is 5.82 Å². The van der Waals surface area contributed by atoms with Crippen molar-refractivity contribution < 1.29 is 13.9 Å². The number of halogens is 1. The van der Waals surface area contributed by atoms with E-state index in [1.165, 1.54) is 24.5 Å². The highest BCUT2D eigenvalue weighted by Gasteiger charge is 2.12. The minimum absolute atomic E-state index is 0.351. The topological polar surface area (TPSA) is 26.3 Å². The van der Waals surface area contributed by atoms with Crippen LogP contribution in [0.3, 0.4) is 0 Å². The Labute approximate surface area is 83.9 Å². The Hall–Kier alpha value is -1.42. The molecule has 0 unspecified atom stereocenters. The van der Waals surface area contributed by atoms with E-state index in [9.17, 15) is 9.18 Å². The standard InChI is InChI=1S/C10H7FO2S/c1-13-8-3-2-7(11)9-6(4-12)5-14-10(8)9/h2-5H,1H3. The van der Waals surface area contributed by atoms with Gasteiger partial charge in [-0.2, -0.15) is 0 Å². The summed E-state index contributed by atoms with van der Waals surface area (Å²) in [5.41, 5.74) is 0.376. The van der Waals surface area contributed by atoms with Gasteiger partial charge in [-0.1, -0.05) is 0 Å². The van der Waals surface area contributed by atoms with Crippen molar-refractivity contribution in [3.63, 3.8) is 0 Å². The summed E-state index contributed by atoms with van der Waals surface area (Å²) in [6, 6.07) is 2.86. The average molecular weight is 210 g/mol. The number of carbonyl (C=O) groups excluding carboxylic acids is 1. The van der Waals surface area contributed by atoms with Crippen LogP contribution in [0.1, 0.15) is 10.4 Å². The minimum Gasteiger partial charge on any atom is -0.495 e. The molecule has 0 radical (unpaired) electrons. The van der Waals surface area contributed by atoms with Crippen molar-refractivity contribution in [2.45, 2.75) is 0 Å². The van der Waals surface area contributed by atoms with E-state index in [2.05, 4.69) is 0 Å². The fraction of sp³-hybridized carbons (Fsp3) is 0.100. The number of fused-ring (bicyclic) bond motifs is 1. The molecule has 0 saturated heterocycles. The number of hydrogen-bond donors (Lipinski definition) is 0. The zero-order chi connectivity index (χ0) is 10.1. The van der Waals surface area contributed by atoms with Gasteiger partial charge >= 0.3 is 0 Å². The maximum atomic E-state index is 13.4. The lowest BCUT2D eigenvalue weighted by Gasteiger charge is -2.01. The first kappa shape index (κ1) is 9.15. The van der Waals surface area contributed by atoms with Crippen molar-refractivity contribution >= 4 is 27.7 Å². The summed E-state index contributed by atoms with van der Waals surface area (Å²) in [6.07, 6.45) is 0.654. The zero-order valence-electron chi connectivity index (χ0n) is 7.41. The Kier molecular flexibility index (Phi) is 2.21. The molecule has 0 saturated carbocycles. The molecule has 0 N–H and O–H groups in total. The zero-order valence-corrected chi connectivity index (χ0v) is 8.23. The van der Waals surface area contributed by atoms with Gasteiger partial charge in [-0.05, 0) is 12.1 Å². The van der Waals surface area contributed by atoms with Crippen LogP contribution >= 0.6 is 11.3 Å². The number of ether oxygens (including phenoxy) is 1. The maximum Gasteiger partial charge on any atom is 0.151 e. The van der Waals surface area contributed by atoms with Crippen molar-refractivity contribution in [1.29, 1.82) is 0 Å². The number of carbonyl (C=O) groups is 1. The van der Waals surface area contributed by atoms with Gasteiger partial charge in [0.2, 0.25) is 0 Å². The van der Waals surface area contributed by atoms with Gasteiger partial charge in [0.05, 0.1) is 11.8 Å². The molecule has 1 aromatic heterocycles. The van der Waals surface area contributed by atoms with Gasteiger partial charge in [0.15, 0.2) is 6.29 Å². The quantitative estimate of drug-likeness (QED) is 0.712. The summed E-state index contributed by atoms with van der Waals surface area (Å²) >= 11 is 1.31. The summed E-state index contributed by atoms with van der Waals surface area (Å²) in [6.45, 7) is 0. The van der Waals surface area contributed by atoms with E-state index < -0.39 is 0 Å². The van der Waals surface area contributed by atoms with Crippen molar-refractivity contribution in [3.8, 4) is 5.75 Å². The predicted molar refractivity (Wildman–Crippen MR) is 53.7 cm³/mol. The van der Waals surface area contributed by atoms with Crippen LogP contribution in [0.25, 0.3) is 10.1 Å². The highest BCUT2D eigenvalue weighted by atomic mass is 32.1. The fourth-order valence-corrected chi connectivity index (χ4v) is 2.37. The number of thiophene rings is 1. The Morgan fingerprint density at radius 2 is 2.29 bits per heavy atom. The molecule has 4 heteroatoms. The summed E-state index contributed by atoms with van der Waals surface area (Å²) in [5, 5.41) is 1.98. The van der Waals surface area contributed by atoms with Crippen molar-refractivity contribution in [2.24, 2.45) is 0 Å². The van der Waals surface area contributed by atoms with Crippen LogP contribution in [0.15, 0.2) is 17.5 Å². The van der Waals surface area contributed by atoms with Gasteiger partial charge in [-0.3, -0.25) is 4.79 Å². The predicted octanol–water partition coefficient (Wildman–Crippen LogP) is 2.86. The Morgan fingerprint density at radius 1 is 1.50 bits per heavy atom. The summed E-state index contributed by atoms with van der Waals surface area (Å²) < 4.78 is 19.1. The molecule has 14 heavy (non-hydrogen) atoms. The molecule has 0 aliphatic carbocycles. The molecule has 0 spiro atoms. The van der Waals surface area contributed by atoms with Gasteiger partial charge in [0, 0.05) is 16.3 Å². The first-order chi connectivity index (χ1) is 6.77. The highest BCUT2D eigenvalue weighted by molar-refractivity contribution is 7.18. The van der Waals surface area contributed by atoms with Crippen LogP contribution < -0.4 is 4.74 Å². The van der Waals surface area contributed by atoms with E-state index in [4.69, 9.17) is 4.74 Å². The minimum atomic E-state index is -0.385. The SMILES string of the molecule is COc1ccc(F)c2c(C=O)csc12. The Morgan fingerprint density at radius 3 is 2.93 bits per heavy atom. The number of hydrogen-bond acceptors (Lipinski definition) is 3. The third kappa shape index (κ3) is 1.19. The molecule has 1 aromatic carbocycles. The fourth-order valence-electron chi connectivity index (χ4n) is 1.35. The second-order valence-electron chi connectivity index (χ2n) is 2.76. The monoisotopic (exact) mass is 210 g/mol.